The van der Waals surface area contributed by atoms with Gasteiger partial charge in [-0.25, -0.2) is 5.43 Å². The summed E-state index contributed by atoms with van der Waals surface area (Å²) < 4.78 is 0. The number of carbonyl (C=O) groups excluding carboxylic acids is 1. The normalized spacial score (nSPS) is 11.3. The maximum absolute atomic E-state index is 11.8. The highest BCUT2D eigenvalue weighted by Gasteiger charge is 2.08. The summed E-state index contributed by atoms with van der Waals surface area (Å²) in [6, 6.07) is 9.63. The fraction of sp³-hybridized carbons (Fsp3) is 0.267. The van der Waals surface area contributed by atoms with Gasteiger partial charge in [0.1, 0.15) is 0 Å². The van der Waals surface area contributed by atoms with E-state index in [1.807, 2.05) is 57.1 Å². The summed E-state index contributed by atoms with van der Waals surface area (Å²) in [5.41, 5.74) is 6.47. The zero-order chi connectivity index (χ0) is 15.4. The SMILES string of the molecule is C/C(=N\NC(=O)c1cc(C)[nH]n1)c1ccc(N(C)C)cc1. The van der Waals surface area contributed by atoms with Gasteiger partial charge in [0.15, 0.2) is 5.69 Å². The Kier molecular flexibility index (Phi) is 4.37. The Bertz CT molecular complexity index is 655. The molecule has 0 aliphatic heterocycles. The monoisotopic (exact) mass is 285 g/mol. The van der Waals surface area contributed by atoms with Gasteiger partial charge in [0, 0.05) is 25.5 Å². The van der Waals surface area contributed by atoms with Crippen molar-refractivity contribution in [3.05, 3.63) is 47.3 Å². The van der Waals surface area contributed by atoms with Crippen LogP contribution >= 0.6 is 0 Å². The summed E-state index contributed by atoms with van der Waals surface area (Å²) >= 11 is 0. The predicted octanol–water partition coefficient (Wildman–Crippen LogP) is 1.94. The molecule has 0 radical (unpaired) electrons. The molecule has 21 heavy (non-hydrogen) atoms. The molecule has 2 N–H and O–H groups in total. The first-order valence-electron chi connectivity index (χ1n) is 6.62. The quantitative estimate of drug-likeness (QED) is 0.666. The third-order valence-corrected chi connectivity index (χ3v) is 3.07. The van der Waals surface area contributed by atoms with Crippen molar-refractivity contribution in [2.24, 2.45) is 5.10 Å². The molecule has 1 aromatic heterocycles. The van der Waals surface area contributed by atoms with Crippen molar-refractivity contribution in [2.45, 2.75) is 13.8 Å². The van der Waals surface area contributed by atoms with Gasteiger partial charge in [-0.1, -0.05) is 12.1 Å². The van der Waals surface area contributed by atoms with Gasteiger partial charge in [-0.2, -0.15) is 10.2 Å². The number of aromatic nitrogens is 2. The Morgan fingerprint density at radius 3 is 2.48 bits per heavy atom. The zero-order valence-corrected chi connectivity index (χ0v) is 12.6. The van der Waals surface area contributed by atoms with Crippen LogP contribution in [-0.2, 0) is 0 Å². The number of rotatable bonds is 4. The van der Waals surface area contributed by atoms with Gasteiger partial charge in [0.25, 0.3) is 5.91 Å². The van der Waals surface area contributed by atoms with E-state index in [0.29, 0.717) is 5.69 Å². The van der Waals surface area contributed by atoms with E-state index in [-0.39, 0.29) is 5.91 Å². The molecule has 2 rings (SSSR count). The minimum atomic E-state index is -0.330. The second kappa shape index (κ2) is 6.21. The number of hydrazone groups is 1. The van der Waals surface area contributed by atoms with Crippen molar-refractivity contribution in [1.82, 2.24) is 15.6 Å². The van der Waals surface area contributed by atoms with Crippen molar-refractivity contribution in [3.8, 4) is 0 Å². The van der Waals surface area contributed by atoms with Crippen LogP contribution < -0.4 is 10.3 Å². The number of benzene rings is 1. The van der Waals surface area contributed by atoms with Crippen molar-refractivity contribution >= 4 is 17.3 Å². The standard InChI is InChI=1S/C15H19N5O/c1-10-9-14(18-16-10)15(21)19-17-11(2)12-5-7-13(8-6-12)20(3)4/h5-9H,1-4H3,(H,16,18)(H,19,21)/b17-11+. The number of nitrogens with zero attached hydrogens (tertiary/aromatic N) is 3. The van der Waals surface area contributed by atoms with Crippen LogP contribution in [0.4, 0.5) is 5.69 Å². The average Bonchev–Trinajstić information content (AvgIpc) is 2.91. The molecule has 0 spiro atoms. The summed E-state index contributed by atoms with van der Waals surface area (Å²) in [7, 11) is 3.98. The fourth-order valence-corrected chi connectivity index (χ4v) is 1.79. The molecule has 1 amide bonds. The van der Waals surface area contributed by atoms with Gasteiger partial charge in [-0.3, -0.25) is 9.89 Å². The Hall–Kier alpha value is -2.63. The lowest BCUT2D eigenvalue weighted by Crippen LogP contribution is -2.19. The molecule has 6 nitrogen and oxygen atoms in total. The molecule has 0 saturated carbocycles. The van der Waals surface area contributed by atoms with Gasteiger partial charge in [0.2, 0.25) is 0 Å². The van der Waals surface area contributed by atoms with E-state index in [4.69, 9.17) is 0 Å². The van der Waals surface area contributed by atoms with Crippen molar-refractivity contribution in [2.75, 3.05) is 19.0 Å². The van der Waals surface area contributed by atoms with E-state index in [1.165, 1.54) is 0 Å². The highest BCUT2D eigenvalue weighted by Crippen LogP contribution is 2.12. The van der Waals surface area contributed by atoms with Gasteiger partial charge in [0.05, 0.1) is 5.71 Å². The highest BCUT2D eigenvalue weighted by molar-refractivity contribution is 6.00. The number of amides is 1. The van der Waals surface area contributed by atoms with E-state index in [0.717, 1.165) is 22.7 Å². The van der Waals surface area contributed by atoms with Crippen molar-refractivity contribution in [1.29, 1.82) is 0 Å². The van der Waals surface area contributed by atoms with Gasteiger partial charge in [-0.15, -0.1) is 0 Å². The number of H-pyrrole nitrogens is 1. The third-order valence-electron chi connectivity index (χ3n) is 3.07. The summed E-state index contributed by atoms with van der Waals surface area (Å²) in [5, 5.41) is 10.7. The molecule has 1 heterocycles. The highest BCUT2D eigenvalue weighted by atomic mass is 16.2. The minimum absolute atomic E-state index is 0.326. The van der Waals surface area contributed by atoms with E-state index in [1.54, 1.807) is 6.07 Å². The number of carbonyl (C=O) groups is 1. The average molecular weight is 285 g/mol. The van der Waals surface area contributed by atoms with Gasteiger partial charge in [-0.05, 0) is 37.6 Å². The summed E-state index contributed by atoms with van der Waals surface area (Å²) in [6.07, 6.45) is 0. The predicted molar refractivity (Wildman–Crippen MR) is 83.8 cm³/mol. The molecule has 1 aromatic carbocycles. The number of hydrogen-bond donors (Lipinski definition) is 2. The molecule has 0 aliphatic rings. The minimum Gasteiger partial charge on any atom is -0.378 e. The van der Waals surface area contributed by atoms with Crippen LogP contribution in [0.15, 0.2) is 35.4 Å². The molecular formula is C15H19N5O. The molecule has 6 heteroatoms. The lowest BCUT2D eigenvalue weighted by Gasteiger charge is -2.12. The number of aromatic amines is 1. The number of nitrogens with one attached hydrogen (secondary N) is 2. The Labute approximate surface area is 123 Å². The van der Waals surface area contributed by atoms with E-state index >= 15 is 0 Å². The largest absolute Gasteiger partial charge is 0.378 e. The lowest BCUT2D eigenvalue weighted by molar-refractivity contribution is 0.0950. The number of aryl methyl sites for hydroxylation is 1. The fourth-order valence-electron chi connectivity index (χ4n) is 1.79. The first-order chi connectivity index (χ1) is 9.97. The van der Waals surface area contributed by atoms with E-state index < -0.39 is 0 Å². The molecule has 0 aliphatic carbocycles. The first kappa shape index (κ1) is 14.8. The molecular weight excluding hydrogens is 266 g/mol. The molecule has 2 aromatic rings. The third kappa shape index (κ3) is 3.68. The lowest BCUT2D eigenvalue weighted by atomic mass is 10.1. The van der Waals surface area contributed by atoms with Crippen LogP contribution in [0, 0.1) is 6.92 Å². The van der Waals surface area contributed by atoms with Gasteiger partial charge >= 0.3 is 0 Å². The maximum atomic E-state index is 11.8. The zero-order valence-electron chi connectivity index (χ0n) is 12.6. The maximum Gasteiger partial charge on any atom is 0.291 e. The number of anilines is 1. The van der Waals surface area contributed by atoms with Crippen LogP contribution in [0.25, 0.3) is 0 Å². The second-order valence-corrected chi connectivity index (χ2v) is 5.02. The smallest absolute Gasteiger partial charge is 0.291 e. The van der Waals surface area contributed by atoms with Crippen molar-refractivity contribution in [3.63, 3.8) is 0 Å². The van der Waals surface area contributed by atoms with Crippen LogP contribution in [-0.4, -0.2) is 35.9 Å². The van der Waals surface area contributed by atoms with Crippen LogP contribution in [0.2, 0.25) is 0 Å². The van der Waals surface area contributed by atoms with E-state index in [9.17, 15) is 4.79 Å². The van der Waals surface area contributed by atoms with Crippen LogP contribution in [0.3, 0.4) is 0 Å². The molecule has 0 bridgehead atoms. The topological polar surface area (TPSA) is 73.4 Å². The van der Waals surface area contributed by atoms with Gasteiger partial charge < -0.3 is 4.90 Å². The summed E-state index contributed by atoms with van der Waals surface area (Å²) in [5.74, 6) is -0.330. The Morgan fingerprint density at radius 2 is 1.95 bits per heavy atom. The van der Waals surface area contributed by atoms with Crippen molar-refractivity contribution < 1.29 is 4.79 Å². The summed E-state index contributed by atoms with van der Waals surface area (Å²) in [6.45, 7) is 3.69. The van der Waals surface area contributed by atoms with Crippen LogP contribution in [0.1, 0.15) is 28.7 Å². The number of hydrogen-bond acceptors (Lipinski definition) is 4. The molecule has 0 fully saturated rings. The second-order valence-electron chi connectivity index (χ2n) is 5.02. The first-order valence-corrected chi connectivity index (χ1v) is 6.62. The molecule has 0 saturated heterocycles. The Balaban J connectivity index is 2.05. The van der Waals surface area contributed by atoms with Crippen LogP contribution in [0.5, 0.6) is 0 Å². The van der Waals surface area contributed by atoms with E-state index in [2.05, 4.69) is 20.7 Å². The summed E-state index contributed by atoms with van der Waals surface area (Å²) in [4.78, 5) is 13.9. The molecule has 0 atom stereocenters. The molecule has 110 valence electrons. The Morgan fingerprint density at radius 1 is 1.29 bits per heavy atom. The molecule has 0 unspecified atom stereocenters.